The van der Waals surface area contributed by atoms with Crippen LogP contribution in [0, 0.1) is 0 Å². The van der Waals surface area contributed by atoms with Gasteiger partial charge in [0.15, 0.2) is 5.82 Å². The van der Waals surface area contributed by atoms with Gasteiger partial charge in [-0.2, -0.15) is 0 Å². The summed E-state index contributed by atoms with van der Waals surface area (Å²) < 4.78 is 41.1. The van der Waals surface area contributed by atoms with Gasteiger partial charge >= 0.3 is 6.36 Å². The topological polar surface area (TPSA) is 34.5 Å². The Morgan fingerprint density at radius 1 is 0.840 bits per heavy atom. The van der Waals surface area contributed by atoms with Gasteiger partial charge in [-0.25, -0.2) is 9.98 Å². The lowest BCUT2D eigenvalue weighted by Crippen LogP contribution is -2.17. The van der Waals surface area contributed by atoms with Crippen molar-refractivity contribution in [3.63, 3.8) is 0 Å². The maximum atomic E-state index is 12.4. The summed E-state index contributed by atoms with van der Waals surface area (Å²) in [6, 6.07) is 21.0. The molecular formula is C19H13F3N2O. The van der Waals surface area contributed by atoms with Crippen molar-refractivity contribution in [3.05, 3.63) is 90.1 Å². The van der Waals surface area contributed by atoms with E-state index in [1.165, 1.54) is 6.20 Å². The van der Waals surface area contributed by atoms with Gasteiger partial charge in [0.2, 0.25) is 0 Å². The number of benzene rings is 2. The largest absolute Gasteiger partial charge is 0.573 e. The lowest BCUT2D eigenvalue weighted by Gasteiger charge is -2.10. The molecule has 0 saturated heterocycles. The van der Waals surface area contributed by atoms with Gasteiger partial charge in [0.1, 0.15) is 5.75 Å². The first-order valence-electron chi connectivity index (χ1n) is 7.42. The van der Waals surface area contributed by atoms with Gasteiger partial charge in [0, 0.05) is 23.4 Å². The van der Waals surface area contributed by atoms with E-state index < -0.39 is 6.36 Å². The minimum Gasteiger partial charge on any atom is -0.406 e. The van der Waals surface area contributed by atoms with Crippen molar-refractivity contribution < 1.29 is 17.9 Å². The predicted octanol–water partition coefficient (Wildman–Crippen LogP) is 5.15. The molecule has 0 N–H and O–H groups in total. The molecule has 3 rings (SSSR count). The molecule has 1 aromatic heterocycles. The average Bonchev–Trinajstić information content (AvgIpc) is 2.60. The van der Waals surface area contributed by atoms with Gasteiger partial charge in [0.25, 0.3) is 0 Å². The molecule has 0 aliphatic carbocycles. The minimum absolute atomic E-state index is 0.129. The SMILES string of the molecule is FC(F)(F)Oc1ccnc(N=C(c2ccccc2)c2ccccc2)c1. The summed E-state index contributed by atoms with van der Waals surface area (Å²) in [6.07, 6.45) is -3.53. The van der Waals surface area contributed by atoms with Crippen molar-refractivity contribution >= 4 is 11.5 Å². The van der Waals surface area contributed by atoms with E-state index in [9.17, 15) is 13.2 Å². The second-order valence-corrected chi connectivity index (χ2v) is 5.09. The predicted molar refractivity (Wildman–Crippen MR) is 89.1 cm³/mol. The van der Waals surface area contributed by atoms with Crippen LogP contribution in [0.2, 0.25) is 0 Å². The number of hydrogen-bond donors (Lipinski definition) is 0. The van der Waals surface area contributed by atoms with Gasteiger partial charge in [-0.3, -0.25) is 0 Å². The summed E-state index contributed by atoms with van der Waals surface area (Å²) >= 11 is 0. The second kappa shape index (κ2) is 7.17. The van der Waals surface area contributed by atoms with Crippen LogP contribution >= 0.6 is 0 Å². The zero-order valence-corrected chi connectivity index (χ0v) is 12.9. The van der Waals surface area contributed by atoms with Crippen molar-refractivity contribution in [2.24, 2.45) is 4.99 Å². The number of alkyl halides is 3. The number of hydrogen-bond acceptors (Lipinski definition) is 3. The minimum atomic E-state index is -4.76. The molecule has 3 nitrogen and oxygen atoms in total. The van der Waals surface area contributed by atoms with E-state index in [0.29, 0.717) is 5.71 Å². The Morgan fingerprint density at radius 3 is 1.92 bits per heavy atom. The highest BCUT2D eigenvalue weighted by Crippen LogP contribution is 2.25. The average molecular weight is 342 g/mol. The van der Waals surface area contributed by atoms with E-state index >= 15 is 0 Å². The van der Waals surface area contributed by atoms with Crippen LogP contribution < -0.4 is 4.74 Å². The van der Waals surface area contributed by atoms with E-state index in [0.717, 1.165) is 23.3 Å². The fourth-order valence-corrected chi connectivity index (χ4v) is 2.26. The maximum absolute atomic E-state index is 12.4. The van der Waals surface area contributed by atoms with Gasteiger partial charge in [-0.05, 0) is 6.07 Å². The summed E-state index contributed by atoms with van der Waals surface area (Å²) in [6.45, 7) is 0. The summed E-state index contributed by atoms with van der Waals surface area (Å²) in [7, 11) is 0. The molecule has 0 bridgehead atoms. The Hall–Kier alpha value is -3.15. The number of ether oxygens (including phenoxy) is 1. The van der Waals surface area contributed by atoms with Crippen molar-refractivity contribution in [2.45, 2.75) is 6.36 Å². The van der Waals surface area contributed by atoms with E-state index in [-0.39, 0.29) is 11.6 Å². The van der Waals surface area contributed by atoms with Crippen LogP contribution in [0.1, 0.15) is 11.1 Å². The van der Waals surface area contributed by atoms with Crippen molar-refractivity contribution in [3.8, 4) is 5.75 Å². The molecule has 6 heteroatoms. The number of aromatic nitrogens is 1. The van der Waals surface area contributed by atoms with Crippen molar-refractivity contribution in [1.82, 2.24) is 4.98 Å². The van der Waals surface area contributed by atoms with E-state index in [2.05, 4.69) is 14.7 Å². The highest BCUT2D eigenvalue weighted by atomic mass is 19.4. The van der Waals surface area contributed by atoms with Crippen molar-refractivity contribution in [2.75, 3.05) is 0 Å². The molecule has 0 amide bonds. The summed E-state index contributed by atoms with van der Waals surface area (Å²) in [5.74, 6) is -0.230. The molecule has 0 fully saturated rings. The molecule has 1 heterocycles. The molecule has 2 aromatic carbocycles. The van der Waals surface area contributed by atoms with E-state index in [4.69, 9.17) is 0 Å². The molecule has 0 atom stereocenters. The fourth-order valence-electron chi connectivity index (χ4n) is 2.26. The third-order valence-corrected chi connectivity index (χ3v) is 3.27. The number of rotatable bonds is 4. The fraction of sp³-hybridized carbons (Fsp3) is 0.0526. The standard InChI is InChI=1S/C19H13F3N2O/c20-19(21,22)25-16-11-12-23-17(13-16)24-18(14-7-3-1-4-8-14)15-9-5-2-6-10-15/h1-13H. The third kappa shape index (κ3) is 4.67. The van der Waals surface area contributed by atoms with Crippen LogP contribution in [0.4, 0.5) is 19.0 Å². The number of pyridine rings is 1. The Balaban J connectivity index is 2.04. The Bertz CT molecular complexity index is 821. The molecule has 0 unspecified atom stereocenters. The zero-order valence-electron chi connectivity index (χ0n) is 12.9. The van der Waals surface area contributed by atoms with Gasteiger partial charge < -0.3 is 4.74 Å². The van der Waals surface area contributed by atoms with Crippen LogP contribution in [-0.2, 0) is 0 Å². The monoisotopic (exact) mass is 342 g/mol. The first-order valence-corrected chi connectivity index (χ1v) is 7.42. The summed E-state index contributed by atoms with van der Waals surface area (Å²) in [5, 5.41) is 0. The first-order chi connectivity index (χ1) is 12.0. The van der Waals surface area contributed by atoms with Crippen LogP contribution in [-0.4, -0.2) is 17.1 Å². The first kappa shape index (κ1) is 16.7. The molecule has 0 aliphatic rings. The van der Waals surface area contributed by atoms with Gasteiger partial charge in [-0.1, -0.05) is 60.7 Å². The number of halogens is 3. The van der Waals surface area contributed by atoms with Gasteiger partial charge in [0.05, 0.1) is 5.71 Å². The number of nitrogens with zero attached hydrogens (tertiary/aromatic N) is 2. The molecule has 0 radical (unpaired) electrons. The highest BCUT2D eigenvalue weighted by Gasteiger charge is 2.31. The lowest BCUT2D eigenvalue weighted by atomic mass is 10.0. The number of aliphatic imine (C=N–C) groups is 1. The second-order valence-electron chi connectivity index (χ2n) is 5.09. The lowest BCUT2D eigenvalue weighted by molar-refractivity contribution is -0.274. The molecular weight excluding hydrogens is 329 g/mol. The quantitative estimate of drug-likeness (QED) is 0.615. The van der Waals surface area contributed by atoms with Crippen LogP contribution in [0.25, 0.3) is 0 Å². The third-order valence-electron chi connectivity index (χ3n) is 3.27. The normalized spacial score (nSPS) is 11.0. The molecule has 0 spiro atoms. The summed E-state index contributed by atoms with van der Waals surface area (Å²) in [4.78, 5) is 8.47. The highest BCUT2D eigenvalue weighted by molar-refractivity contribution is 6.13. The molecule has 126 valence electrons. The molecule has 0 aliphatic heterocycles. The molecule has 0 saturated carbocycles. The maximum Gasteiger partial charge on any atom is 0.573 e. The van der Waals surface area contributed by atoms with Crippen molar-refractivity contribution in [1.29, 1.82) is 0 Å². The Labute approximate surface area is 142 Å². The van der Waals surface area contributed by atoms with Crippen LogP contribution in [0.15, 0.2) is 84.0 Å². The summed E-state index contributed by atoms with van der Waals surface area (Å²) in [5.41, 5.74) is 2.27. The molecule has 3 aromatic rings. The Kier molecular flexibility index (Phi) is 4.79. The van der Waals surface area contributed by atoms with E-state index in [1.54, 1.807) is 0 Å². The zero-order chi connectivity index (χ0) is 17.7. The van der Waals surface area contributed by atoms with Crippen LogP contribution in [0.3, 0.4) is 0 Å². The smallest absolute Gasteiger partial charge is 0.406 e. The van der Waals surface area contributed by atoms with E-state index in [1.807, 2.05) is 60.7 Å². The molecule has 25 heavy (non-hydrogen) atoms. The Morgan fingerprint density at radius 2 is 1.40 bits per heavy atom. The van der Waals surface area contributed by atoms with Gasteiger partial charge in [-0.15, -0.1) is 13.2 Å². The van der Waals surface area contributed by atoms with Crippen LogP contribution in [0.5, 0.6) is 5.75 Å².